The summed E-state index contributed by atoms with van der Waals surface area (Å²) in [4.78, 5) is 17.1. The monoisotopic (exact) mass is 331 g/mol. The highest BCUT2D eigenvalue weighted by Crippen LogP contribution is 2.40. The number of hydrogen-bond donors (Lipinski definition) is 2. The van der Waals surface area contributed by atoms with E-state index in [4.69, 9.17) is 4.74 Å². The number of nitrogens with zero attached hydrogens (tertiary/aromatic N) is 1. The van der Waals surface area contributed by atoms with E-state index in [-0.39, 0.29) is 11.7 Å². The molecule has 0 bridgehead atoms. The molecule has 6 heteroatoms. The van der Waals surface area contributed by atoms with E-state index in [0.717, 1.165) is 25.1 Å². The number of carbonyl (C=O) groups is 1. The number of fused-ring (bicyclic) bond motifs is 1. The Morgan fingerprint density at radius 2 is 2.12 bits per heavy atom. The number of hydrogen-bond acceptors (Lipinski definition) is 4. The smallest absolute Gasteiger partial charge is 0.252 e. The highest BCUT2D eigenvalue weighted by molar-refractivity contribution is 6.06. The third-order valence-corrected chi connectivity index (χ3v) is 4.10. The number of ether oxygens (including phenoxy) is 1. The lowest BCUT2D eigenvalue weighted by molar-refractivity contribution is 0.0955. The van der Waals surface area contributed by atoms with Gasteiger partial charge in [0.1, 0.15) is 5.82 Å². The summed E-state index contributed by atoms with van der Waals surface area (Å²) in [5.74, 6) is -0.121. The zero-order chi connectivity index (χ0) is 16.9. The fourth-order valence-electron chi connectivity index (χ4n) is 2.65. The molecular formula is C18H22FN3O2. The summed E-state index contributed by atoms with van der Waals surface area (Å²) in [6, 6.07) is 6.21. The fourth-order valence-corrected chi connectivity index (χ4v) is 2.65. The first-order valence-electron chi connectivity index (χ1n) is 8.27. The highest BCUT2D eigenvalue weighted by atomic mass is 19.1. The molecule has 2 N–H and O–H groups in total. The number of rotatable bonds is 8. The van der Waals surface area contributed by atoms with E-state index in [9.17, 15) is 9.18 Å². The largest absolute Gasteiger partial charge is 0.383 e. The van der Waals surface area contributed by atoms with Gasteiger partial charge in [0.25, 0.3) is 5.91 Å². The van der Waals surface area contributed by atoms with E-state index < -0.39 is 0 Å². The van der Waals surface area contributed by atoms with Crippen molar-refractivity contribution in [3.63, 3.8) is 0 Å². The lowest BCUT2D eigenvalue weighted by Gasteiger charge is -2.11. The molecule has 1 heterocycles. The second kappa shape index (κ2) is 7.68. The molecular weight excluding hydrogens is 309 g/mol. The van der Waals surface area contributed by atoms with E-state index in [1.54, 1.807) is 13.2 Å². The van der Waals surface area contributed by atoms with Crippen LogP contribution in [0.3, 0.4) is 0 Å². The second-order valence-corrected chi connectivity index (χ2v) is 6.03. The lowest BCUT2D eigenvalue weighted by atomic mass is 10.1. The van der Waals surface area contributed by atoms with Gasteiger partial charge in [0.2, 0.25) is 0 Å². The molecule has 3 rings (SSSR count). The summed E-state index contributed by atoms with van der Waals surface area (Å²) in [6.45, 7) is 2.52. The Labute approximate surface area is 140 Å². The molecule has 5 nitrogen and oxygen atoms in total. The van der Waals surface area contributed by atoms with Gasteiger partial charge in [-0.25, -0.2) is 4.39 Å². The molecule has 0 saturated heterocycles. The lowest BCUT2D eigenvalue weighted by Crippen LogP contribution is -2.33. The van der Waals surface area contributed by atoms with Crippen molar-refractivity contribution in [2.24, 2.45) is 0 Å². The fraction of sp³-hybridized carbons (Fsp3) is 0.444. The maximum Gasteiger partial charge on any atom is 0.252 e. The van der Waals surface area contributed by atoms with Crippen molar-refractivity contribution in [2.75, 3.05) is 33.4 Å². The Hall–Kier alpha value is -2.05. The summed E-state index contributed by atoms with van der Waals surface area (Å²) in [5.41, 5.74) is 2.10. The number of nitrogens with one attached hydrogen (secondary N) is 2. The standard InChI is InChI=1S/C18H22FN3O2/c1-24-9-8-20-6-7-21-18(23)15-11-17(12-2-3-12)22-16-5-4-13(19)10-14(15)16/h4-5,10-12,20H,2-3,6-9H2,1H3,(H,21,23). The van der Waals surface area contributed by atoms with Gasteiger partial charge in [-0.05, 0) is 37.1 Å². The Balaban J connectivity index is 1.74. The maximum absolute atomic E-state index is 13.6. The van der Waals surface area contributed by atoms with Crippen molar-refractivity contribution < 1.29 is 13.9 Å². The first-order chi connectivity index (χ1) is 11.7. The van der Waals surface area contributed by atoms with Crippen LogP contribution in [0.15, 0.2) is 24.3 Å². The molecule has 24 heavy (non-hydrogen) atoms. The number of halogens is 1. The molecule has 1 fully saturated rings. The predicted molar refractivity (Wildman–Crippen MR) is 90.8 cm³/mol. The third kappa shape index (κ3) is 4.07. The van der Waals surface area contributed by atoms with Crippen LogP contribution in [-0.2, 0) is 4.74 Å². The van der Waals surface area contributed by atoms with E-state index in [2.05, 4.69) is 15.6 Å². The quantitative estimate of drug-likeness (QED) is 0.728. The summed E-state index contributed by atoms with van der Waals surface area (Å²) in [5, 5.41) is 6.61. The Morgan fingerprint density at radius 1 is 1.29 bits per heavy atom. The zero-order valence-corrected chi connectivity index (χ0v) is 13.8. The normalized spacial score (nSPS) is 14.1. The van der Waals surface area contributed by atoms with E-state index in [0.29, 0.717) is 42.1 Å². The van der Waals surface area contributed by atoms with E-state index >= 15 is 0 Å². The zero-order valence-electron chi connectivity index (χ0n) is 13.8. The van der Waals surface area contributed by atoms with Crippen LogP contribution in [0.25, 0.3) is 10.9 Å². The minimum Gasteiger partial charge on any atom is -0.383 e. The van der Waals surface area contributed by atoms with Crippen LogP contribution in [0.4, 0.5) is 4.39 Å². The summed E-state index contributed by atoms with van der Waals surface area (Å²) in [6.07, 6.45) is 2.20. The Kier molecular flexibility index (Phi) is 5.37. The molecule has 0 aliphatic heterocycles. The van der Waals surface area contributed by atoms with Gasteiger partial charge in [0.05, 0.1) is 17.7 Å². The van der Waals surface area contributed by atoms with Crippen molar-refractivity contribution in [3.05, 3.63) is 41.3 Å². The van der Waals surface area contributed by atoms with Crippen molar-refractivity contribution >= 4 is 16.8 Å². The third-order valence-electron chi connectivity index (χ3n) is 4.10. The molecule has 0 atom stereocenters. The molecule has 1 aliphatic carbocycles. The first-order valence-corrected chi connectivity index (χ1v) is 8.27. The number of pyridine rings is 1. The Bertz CT molecular complexity index is 732. The molecule has 1 saturated carbocycles. The topological polar surface area (TPSA) is 63.2 Å². The van der Waals surface area contributed by atoms with Gasteiger partial charge in [0, 0.05) is 43.7 Å². The summed E-state index contributed by atoms with van der Waals surface area (Å²) >= 11 is 0. The highest BCUT2D eigenvalue weighted by Gasteiger charge is 2.27. The molecule has 1 aliphatic rings. The number of methoxy groups -OCH3 is 1. The van der Waals surface area contributed by atoms with Gasteiger partial charge in [-0.1, -0.05) is 0 Å². The first kappa shape index (κ1) is 16.8. The summed E-state index contributed by atoms with van der Waals surface area (Å²) < 4.78 is 18.5. The maximum atomic E-state index is 13.6. The molecule has 0 unspecified atom stereocenters. The minimum atomic E-state index is -0.362. The van der Waals surface area contributed by atoms with Crippen LogP contribution >= 0.6 is 0 Å². The molecule has 1 aromatic carbocycles. The molecule has 2 aromatic rings. The molecule has 128 valence electrons. The van der Waals surface area contributed by atoms with Crippen LogP contribution in [0.2, 0.25) is 0 Å². The van der Waals surface area contributed by atoms with Gasteiger partial charge in [-0.15, -0.1) is 0 Å². The number of aromatic nitrogens is 1. The SMILES string of the molecule is COCCNCCNC(=O)c1cc(C2CC2)nc2ccc(F)cc12. The van der Waals surface area contributed by atoms with Gasteiger partial charge >= 0.3 is 0 Å². The molecule has 0 radical (unpaired) electrons. The van der Waals surface area contributed by atoms with E-state index in [1.165, 1.54) is 12.1 Å². The Morgan fingerprint density at radius 3 is 2.88 bits per heavy atom. The number of benzene rings is 1. The van der Waals surface area contributed by atoms with E-state index in [1.807, 2.05) is 6.07 Å². The second-order valence-electron chi connectivity index (χ2n) is 6.03. The average Bonchev–Trinajstić information content (AvgIpc) is 3.42. The van der Waals surface area contributed by atoms with Crippen molar-refractivity contribution in [1.82, 2.24) is 15.6 Å². The predicted octanol–water partition coefficient (Wildman–Crippen LogP) is 2.22. The number of carbonyl (C=O) groups excluding carboxylic acids is 1. The van der Waals surface area contributed by atoms with Crippen molar-refractivity contribution in [2.45, 2.75) is 18.8 Å². The number of amides is 1. The minimum absolute atomic E-state index is 0.191. The van der Waals surface area contributed by atoms with Crippen LogP contribution in [0.1, 0.15) is 34.8 Å². The van der Waals surface area contributed by atoms with Crippen LogP contribution in [-0.4, -0.2) is 44.2 Å². The summed E-state index contributed by atoms with van der Waals surface area (Å²) in [7, 11) is 1.65. The van der Waals surface area contributed by atoms with Gasteiger partial charge in [-0.2, -0.15) is 0 Å². The van der Waals surface area contributed by atoms with Crippen LogP contribution < -0.4 is 10.6 Å². The van der Waals surface area contributed by atoms with Gasteiger partial charge < -0.3 is 15.4 Å². The molecule has 1 amide bonds. The molecule has 0 spiro atoms. The van der Waals surface area contributed by atoms with Gasteiger partial charge in [-0.3, -0.25) is 9.78 Å². The van der Waals surface area contributed by atoms with Crippen LogP contribution in [0, 0.1) is 5.82 Å². The van der Waals surface area contributed by atoms with Gasteiger partial charge in [0.15, 0.2) is 0 Å². The van der Waals surface area contributed by atoms with Crippen molar-refractivity contribution in [3.8, 4) is 0 Å². The molecule has 1 aromatic heterocycles. The van der Waals surface area contributed by atoms with Crippen molar-refractivity contribution in [1.29, 1.82) is 0 Å². The van der Waals surface area contributed by atoms with Crippen LogP contribution in [0.5, 0.6) is 0 Å². The average molecular weight is 331 g/mol.